The number of rotatable bonds is 2. The van der Waals surface area contributed by atoms with E-state index in [1.54, 1.807) is 0 Å². The van der Waals surface area contributed by atoms with Gasteiger partial charge in [0.15, 0.2) is 0 Å². The van der Waals surface area contributed by atoms with Gasteiger partial charge < -0.3 is 4.90 Å². The van der Waals surface area contributed by atoms with E-state index in [0.29, 0.717) is 5.92 Å². The molecule has 2 rings (SSSR count). The van der Waals surface area contributed by atoms with Gasteiger partial charge in [-0.25, -0.2) is 4.98 Å². The molecule has 0 aliphatic carbocycles. The molecule has 1 aromatic heterocycles. The minimum atomic E-state index is 0.502. The molecule has 1 saturated heterocycles. The molecule has 2 heterocycles. The van der Waals surface area contributed by atoms with Crippen molar-refractivity contribution in [2.45, 2.75) is 26.2 Å². The van der Waals surface area contributed by atoms with Crippen LogP contribution in [0.1, 0.15) is 31.9 Å². The van der Waals surface area contributed by atoms with Crippen LogP contribution in [0, 0.1) is 0 Å². The minimum absolute atomic E-state index is 0.502. The highest BCUT2D eigenvalue weighted by Crippen LogP contribution is 2.17. The van der Waals surface area contributed by atoms with E-state index >= 15 is 0 Å². The maximum Gasteiger partial charge on any atom is 0.129 e. The molecule has 0 saturated carbocycles. The summed E-state index contributed by atoms with van der Waals surface area (Å²) in [6, 6.07) is 6.30. The van der Waals surface area contributed by atoms with Gasteiger partial charge in [-0.3, -0.25) is 5.32 Å². The van der Waals surface area contributed by atoms with Gasteiger partial charge in [0.2, 0.25) is 0 Å². The Bertz CT molecular complexity index is 316. The fourth-order valence-electron chi connectivity index (χ4n) is 1.82. The Morgan fingerprint density at radius 1 is 1.40 bits per heavy atom. The Labute approximate surface area is 91.5 Å². The van der Waals surface area contributed by atoms with Crippen LogP contribution >= 0.6 is 0 Å². The average molecular weight is 205 g/mol. The Kier molecular flexibility index (Phi) is 3.21. The number of aromatic nitrogens is 1. The lowest BCUT2D eigenvalue weighted by Crippen LogP contribution is -2.42. The van der Waals surface area contributed by atoms with Crippen LogP contribution in [-0.2, 0) is 0 Å². The van der Waals surface area contributed by atoms with Crippen LogP contribution in [0.25, 0.3) is 0 Å². The highest BCUT2D eigenvalue weighted by Gasteiger charge is 2.12. The van der Waals surface area contributed by atoms with Gasteiger partial charge in [0.1, 0.15) is 5.82 Å². The van der Waals surface area contributed by atoms with Crippen molar-refractivity contribution in [2.75, 3.05) is 24.7 Å². The molecule has 82 valence electrons. The van der Waals surface area contributed by atoms with Crippen LogP contribution in [0.4, 0.5) is 5.82 Å². The van der Waals surface area contributed by atoms with Gasteiger partial charge >= 0.3 is 0 Å². The third-order valence-corrected chi connectivity index (χ3v) is 2.76. The summed E-state index contributed by atoms with van der Waals surface area (Å²) in [6.07, 6.45) is 1.20. The number of anilines is 1. The van der Waals surface area contributed by atoms with Gasteiger partial charge in [0.05, 0.1) is 6.67 Å². The number of pyridine rings is 1. The van der Waals surface area contributed by atoms with Crippen molar-refractivity contribution in [2.24, 2.45) is 0 Å². The van der Waals surface area contributed by atoms with Gasteiger partial charge in [0, 0.05) is 12.2 Å². The van der Waals surface area contributed by atoms with E-state index in [2.05, 4.69) is 47.2 Å². The van der Waals surface area contributed by atoms with E-state index in [1.165, 1.54) is 12.1 Å². The number of nitrogens with zero attached hydrogens (tertiary/aromatic N) is 2. The SMILES string of the molecule is CC(C)c1cccc(N2CCCNC2)n1. The van der Waals surface area contributed by atoms with Crippen molar-refractivity contribution in [3.05, 3.63) is 23.9 Å². The molecule has 1 fully saturated rings. The summed E-state index contributed by atoms with van der Waals surface area (Å²) in [5.74, 6) is 1.61. The fourth-order valence-corrected chi connectivity index (χ4v) is 1.82. The summed E-state index contributed by atoms with van der Waals surface area (Å²) in [5.41, 5.74) is 1.18. The third kappa shape index (κ3) is 2.48. The lowest BCUT2D eigenvalue weighted by atomic mass is 10.1. The summed E-state index contributed by atoms with van der Waals surface area (Å²) in [4.78, 5) is 6.98. The molecule has 0 aromatic carbocycles. The van der Waals surface area contributed by atoms with Crippen molar-refractivity contribution < 1.29 is 0 Å². The molecule has 0 bridgehead atoms. The van der Waals surface area contributed by atoms with E-state index in [1.807, 2.05) is 0 Å². The molecule has 1 N–H and O–H groups in total. The zero-order valence-corrected chi connectivity index (χ0v) is 9.53. The number of hydrogen-bond donors (Lipinski definition) is 1. The van der Waals surface area contributed by atoms with Gasteiger partial charge in [-0.1, -0.05) is 19.9 Å². The van der Waals surface area contributed by atoms with Crippen LogP contribution in [0.3, 0.4) is 0 Å². The lowest BCUT2D eigenvalue weighted by molar-refractivity contribution is 0.548. The summed E-state index contributed by atoms with van der Waals surface area (Å²) in [5, 5.41) is 3.37. The maximum absolute atomic E-state index is 4.68. The van der Waals surface area contributed by atoms with Crippen molar-refractivity contribution in [1.29, 1.82) is 0 Å². The first-order valence-corrected chi connectivity index (χ1v) is 5.70. The highest BCUT2D eigenvalue weighted by atomic mass is 15.3. The highest BCUT2D eigenvalue weighted by molar-refractivity contribution is 5.39. The molecule has 3 nitrogen and oxygen atoms in total. The Morgan fingerprint density at radius 3 is 2.93 bits per heavy atom. The second kappa shape index (κ2) is 4.62. The van der Waals surface area contributed by atoms with Crippen LogP contribution in [0.5, 0.6) is 0 Å². The lowest BCUT2D eigenvalue weighted by Gasteiger charge is -2.28. The zero-order chi connectivity index (χ0) is 10.7. The summed E-state index contributed by atoms with van der Waals surface area (Å²) in [6.45, 7) is 7.53. The van der Waals surface area contributed by atoms with Gasteiger partial charge in [-0.2, -0.15) is 0 Å². The molecule has 0 radical (unpaired) electrons. The average Bonchev–Trinajstić information content (AvgIpc) is 2.30. The van der Waals surface area contributed by atoms with Crippen molar-refractivity contribution in [3.63, 3.8) is 0 Å². The van der Waals surface area contributed by atoms with Crippen LogP contribution in [0.15, 0.2) is 18.2 Å². The molecule has 0 spiro atoms. The zero-order valence-electron chi connectivity index (χ0n) is 9.53. The van der Waals surface area contributed by atoms with Crippen molar-refractivity contribution in [3.8, 4) is 0 Å². The Morgan fingerprint density at radius 2 is 2.27 bits per heavy atom. The predicted octanol–water partition coefficient (Wildman–Crippen LogP) is 1.96. The number of hydrogen-bond acceptors (Lipinski definition) is 3. The summed E-state index contributed by atoms with van der Waals surface area (Å²) in [7, 11) is 0. The minimum Gasteiger partial charge on any atom is -0.344 e. The Hall–Kier alpha value is -1.09. The van der Waals surface area contributed by atoms with E-state index < -0.39 is 0 Å². The molecule has 0 atom stereocenters. The summed E-state index contributed by atoms with van der Waals surface area (Å²) >= 11 is 0. The number of nitrogens with one attached hydrogen (secondary N) is 1. The third-order valence-electron chi connectivity index (χ3n) is 2.76. The second-order valence-corrected chi connectivity index (χ2v) is 4.35. The first-order valence-electron chi connectivity index (χ1n) is 5.70. The topological polar surface area (TPSA) is 28.2 Å². The van der Waals surface area contributed by atoms with E-state index in [-0.39, 0.29) is 0 Å². The molecular formula is C12H19N3. The molecule has 15 heavy (non-hydrogen) atoms. The second-order valence-electron chi connectivity index (χ2n) is 4.35. The first kappa shape index (κ1) is 10.4. The molecule has 0 amide bonds. The van der Waals surface area contributed by atoms with E-state index in [0.717, 1.165) is 25.6 Å². The first-order chi connectivity index (χ1) is 7.27. The summed E-state index contributed by atoms with van der Waals surface area (Å²) < 4.78 is 0. The van der Waals surface area contributed by atoms with Gasteiger partial charge in [-0.05, 0) is 31.0 Å². The normalized spacial score (nSPS) is 17.1. The van der Waals surface area contributed by atoms with E-state index in [4.69, 9.17) is 0 Å². The molecule has 0 unspecified atom stereocenters. The molecule has 1 aromatic rings. The quantitative estimate of drug-likeness (QED) is 0.800. The standard InChI is InChI=1S/C12H19N3/c1-10(2)11-5-3-6-12(14-11)15-8-4-7-13-9-15/h3,5-6,10,13H,4,7-9H2,1-2H3. The van der Waals surface area contributed by atoms with Crippen LogP contribution in [-0.4, -0.2) is 24.7 Å². The fraction of sp³-hybridized carbons (Fsp3) is 0.583. The molecular weight excluding hydrogens is 186 g/mol. The largest absolute Gasteiger partial charge is 0.344 e. The van der Waals surface area contributed by atoms with Crippen LogP contribution < -0.4 is 10.2 Å². The van der Waals surface area contributed by atoms with E-state index in [9.17, 15) is 0 Å². The Balaban J connectivity index is 2.16. The van der Waals surface area contributed by atoms with Crippen molar-refractivity contribution in [1.82, 2.24) is 10.3 Å². The predicted molar refractivity (Wildman–Crippen MR) is 63.2 cm³/mol. The molecule has 1 aliphatic heterocycles. The van der Waals surface area contributed by atoms with Gasteiger partial charge in [0.25, 0.3) is 0 Å². The van der Waals surface area contributed by atoms with Crippen LogP contribution in [0.2, 0.25) is 0 Å². The smallest absolute Gasteiger partial charge is 0.129 e. The van der Waals surface area contributed by atoms with Crippen molar-refractivity contribution >= 4 is 5.82 Å². The monoisotopic (exact) mass is 205 g/mol. The molecule has 3 heteroatoms. The maximum atomic E-state index is 4.68. The van der Waals surface area contributed by atoms with Gasteiger partial charge in [-0.15, -0.1) is 0 Å². The molecule has 1 aliphatic rings.